The number of hydrogen-bond donors (Lipinski definition) is 2. The standard InChI is InChI=1S/C15H14ClN3S/c16-12-9-11(6-5-10(12)7-8-17)20-15-18-13-3-1-2-4-14(13)19-15/h1-6,9H,7-8,17H2,(H,18,19). The highest BCUT2D eigenvalue weighted by Gasteiger charge is 2.06. The first-order valence-electron chi connectivity index (χ1n) is 6.37. The minimum absolute atomic E-state index is 0.607. The molecule has 5 heteroatoms. The number of halogens is 1. The molecule has 0 aliphatic heterocycles. The van der Waals surface area contributed by atoms with E-state index in [9.17, 15) is 0 Å². The lowest BCUT2D eigenvalue weighted by Crippen LogP contribution is -2.02. The van der Waals surface area contributed by atoms with Crippen molar-refractivity contribution in [1.29, 1.82) is 0 Å². The minimum atomic E-state index is 0.607. The Morgan fingerprint density at radius 3 is 2.80 bits per heavy atom. The van der Waals surface area contributed by atoms with Gasteiger partial charge < -0.3 is 10.7 Å². The normalized spacial score (nSPS) is 11.1. The van der Waals surface area contributed by atoms with Crippen LogP contribution >= 0.6 is 23.4 Å². The zero-order valence-corrected chi connectivity index (χ0v) is 12.3. The molecule has 1 heterocycles. The summed E-state index contributed by atoms with van der Waals surface area (Å²) in [6.45, 7) is 0.607. The van der Waals surface area contributed by atoms with Gasteiger partial charge in [0.1, 0.15) is 0 Å². The molecule has 1 aromatic heterocycles. The number of hydrogen-bond acceptors (Lipinski definition) is 3. The first-order valence-corrected chi connectivity index (χ1v) is 7.57. The van der Waals surface area contributed by atoms with Gasteiger partial charge in [0.2, 0.25) is 0 Å². The number of nitrogens with one attached hydrogen (secondary N) is 1. The van der Waals surface area contributed by atoms with E-state index in [2.05, 4.69) is 16.0 Å². The Balaban J connectivity index is 1.85. The van der Waals surface area contributed by atoms with Gasteiger partial charge in [-0.05, 0) is 42.8 Å². The molecule has 0 spiro atoms. The summed E-state index contributed by atoms with van der Waals surface area (Å²) in [5.74, 6) is 0. The molecule has 0 aliphatic carbocycles. The van der Waals surface area contributed by atoms with Gasteiger partial charge >= 0.3 is 0 Å². The molecular weight excluding hydrogens is 290 g/mol. The van der Waals surface area contributed by atoms with E-state index in [0.717, 1.165) is 38.1 Å². The fourth-order valence-corrected chi connectivity index (χ4v) is 3.22. The first-order chi connectivity index (χ1) is 9.76. The molecule has 3 N–H and O–H groups in total. The van der Waals surface area contributed by atoms with Crippen LogP contribution in [0.15, 0.2) is 52.5 Å². The van der Waals surface area contributed by atoms with Crippen molar-refractivity contribution in [2.75, 3.05) is 6.54 Å². The van der Waals surface area contributed by atoms with Crippen LogP contribution in [0.1, 0.15) is 5.56 Å². The molecule has 3 aromatic rings. The molecular formula is C15H14ClN3S. The second-order valence-corrected chi connectivity index (χ2v) is 5.92. The number of aromatic amines is 1. The number of aromatic nitrogens is 2. The Labute approximate surface area is 126 Å². The fraction of sp³-hybridized carbons (Fsp3) is 0.133. The van der Waals surface area contributed by atoms with E-state index in [0.29, 0.717) is 6.54 Å². The molecule has 3 nitrogen and oxygen atoms in total. The van der Waals surface area contributed by atoms with Crippen molar-refractivity contribution in [3.63, 3.8) is 0 Å². The van der Waals surface area contributed by atoms with Crippen LogP contribution in [0, 0.1) is 0 Å². The molecule has 0 aliphatic rings. The second kappa shape index (κ2) is 5.87. The Morgan fingerprint density at radius 1 is 1.20 bits per heavy atom. The van der Waals surface area contributed by atoms with E-state index < -0.39 is 0 Å². The van der Waals surface area contributed by atoms with Crippen LogP contribution < -0.4 is 5.73 Å². The molecule has 2 aromatic carbocycles. The van der Waals surface area contributed by atoms with Crippen LogP contribution in [0.25, 0.3) is 11.0 Å². The Kier molecular flexibility index (Phi) is 3.96. The maximum Gasteiger partial charge on any atom is 0.171 e. The van der Waals surface area contributed by atoms with Crippen LogP contribution in [0.3, 0.4) is 0 Å². The number of benzene rings is 2. The highest BCUT2D eigenvalue weighted by Crippen LogP contribution is 2.30. The van der Waals surface area contributed by atoms with Gasteiger partial charge in [0.05, 0.1) is 11.0 Å². The lowest BCUT2D eigenvalue weighted by atomic mass is 10.1. The number of nitrogens with zero attached hydrogens (tertiary/aromatic N) is 1. The van der Waals surface area contributed by atoms with Crippen LogP contribution in [-0.4, -0.2) is 16.5 Å². The topological polar surface area (TPSA) is 54.7 Å². The molecule has 102 valence electrons. The highest BCUT2D eigenvalue weighted by atomic mass is 35.5. The quantitative estimate of drug-likeness (QED) is 0.769. The van der Waals surface area contributed by atoms with Crippen molar-refractivity contribution in [2.24, 2.45) is 5.73 Å². The van der Waals surface area contributed by atoms with Crippen molar-refractivity contribution in [1.82, 2.24) is 9.97 Å². The number of H-pyrrole nitrogens is 1. The molecule has 0 saturated carbocycles. The smallest absolute Gasteiger partial charge is 0.171 e. The van der Waals surface area contributed by atoms with Gasteiger partial charge in [0.15, 0.2) is 5.16 Å². The van der Waals surface area contributed by atoms with Gasteiger partial charge in [-0.25, -0.2) is 4.98 Å². The summed E-state index contributed by atoms with van der Waals surface area (Å²) in [5.41, 5.74) is 8.66. The zero-order chi connectivity index (χ0) is 13.9. The summed E-state index contributed by atoms with van der Waals surface area (Å²) < 4.78 is 0. The van der Waals surface area contributed by atoms with Crippen molar-refractivity contribution < 1.29 is 0 Å². The summed E-state index contributed by atoms with van der Waals surface area (Å²) in [5, 5.41) is 1.63. The molecule has 0 fully saturated rings. The van der Waals surface area contributed by atoms with Gasteiger partial charge in [-0.1, -0.05) is 41.6 Å². The van der Waals surface area contributed by atoms with Crippen LogP contribution in [0.2, 0.25) is 5.02 Å². The molecule has 0 radical (unpaired) electrons. The van der Waals surface area contributed by atoms with Gasteiger partial charge in [0, 0.05) is 9.92 Å². The maximum absolute atomic E-state index is 6.25. The second-order valence-electron chi connectivity index (χ2n) is 4.45. The number of para-hydroxylation sites is 2. The summed E-state index contributed by atoms with van der Waals surface area (Å²) in [4.78, 5) is 8.90. The van der Waals surface area contributed by atoms with Gasteiger partial charge in [-0.15, -0.1) is 0 Å². The van der Waals surface area contributed by atoms with Crippen LogP contribution in [-0.2, 0) is 6.42 Å². The molecule has 0 bridgehead atoms. The summed E-state index contributed by atoms with van der Waals surface area (Å²) >= 11 is 7.83. The molecule has 0 saturated heterocycles. The first kappa shape index (κ1) is 13.5. The van der Waals surface area contributed by atoms with E-state index in [1.165, 1.54) is 0 Å². The maximum atomic E-state index is 6.25. The summed E-state index contributed by atoms with van der Waals surface area (Å²) in [6.07, 6.45) is 0.800. The monoisotopic (exact) mass is 303 g/mol. The minimum Gasteiger partial charge on any atom is -0.333 e. The van der Waals surface area contributed by atoms with E-state index in [4.69, 9.17) is 17.3 Å². The third kappa shape index (κ3) is 2.82. The molecule has 0 unspecified atom stereocenters. The third-order valence-corrected chi connectivity index (χ3v) is 4.25. The highest BCUT2D eigenvalue weighted by molar-refractivity contribution is 7.99. The third-order valence-electron chi connectivity index (χ3n) is 3.02. The summed E-state index contributed by atoms with van der Waals surface area (Å²) in [6, 6.07) is 14.0. The fourth-order valence-electron chi connectivity index (χ4n) is 2.04. The Morgan fingerprint density at radius 2 is 2.05 bits per heavy atom. The number of imidazole rings is 1. The summed E-state index contributed by atoms with van der Waals surface area (Å²) in [7, 11) is 0. The van der Waals surface area contributed by atoms with E-state index in [1.54, 1.807) is 11.8 Å². The lowest BCUT2D eigenvalue weighted by Gasteiger charge is -2.04. The Bertz CT molecular complexity index is 706. The van der Waals surface area contributed by atoms with E-state index in [-0.39, 0.29) is 0 Å². The molecule has 20 heavy (non-hydrogen) atoms. The average molecular weight is 304 g/mol. The SMILES string of the molecule is NCCc1ccc(Sc2nc3ccccc3[nH]2)cc1Cl. The molecule has 3 rings (SSSR count). The van der Waals surface area contributed by atoms with E-state index >= 15 is 0 Å². The van der Waals surface area contributed by atoms with Gasteiger partial charge in [-0.3, -0.25) is 0 Å². The lowest BCUT2D eigenvalue weighted by molar-refractivity contribution is 0.966. The predicted molar refractivity (Wildman–Crippen MR) is 84.4 cm³/mol. The average Bonchev–Trinajstić information content (AvgIpc) is 2.84. The van der Waals surface area contributed by atoms with E-state index in [1.807, 2.05) is 36.4 Å². The Hall–Kier alpha value is -1.49. The molecule has 0 amide bonds. The van der Waals surface area contributed by atoms with Gasteiger partial charge in [-0.2, -0.15) is 0 Å². The van der Waals surface area contributed by atoms with Crippen molar-refractivity contribution in [2.45, 2.75) is 16.5 Å². The zero-order valence-electron chi connectivity index (χ0n) is 10.8. The molecule has 0 atom stereocenters. The van der Waals surface area contributed by atoms with Crippen molar-refractivity contribution in [3.05, 3.63) is 53.1 Å². The van der Waals surface area contributed by atoms with Crippen molar-refractivity contribution in [3.8, 4) is 0 Å². The number of nitrogens with two attached hydrogens (primary N) is 1. The largest absolute Gasteiger partial charge is 0.333 e. The van der Waals surface area contributed by atoms with Crippen molar-refractivity contribution >= 4 is 34.4 Å². The van der Waals surface area contributed by atoms with Crippen LogP contribution in [0.5, 0.6) is 0 Å². The number of fused-ring (bicyclic) bond motifs is 1. The van der Waals surface area contributed by atoms with Crippen LogP contribution in [0.4, 0.5) is 0 Å². The number of rotatable bonds is 4. The van der Waals surface area contributed by atoms with Gasteiger partial charge in [0.25, 0.3) is 0 Å². The predicted octanol–water partition coefficient (Wildman–Crippen LogP) is 3.87.